The second kappa shape index (κ2) is 14.3. The van der Waals surface area contributed by atoms with Gasteiger partial charge in [0.05, 0.1) is 17.4 Å². The van der Waals surface area contributed by atoms with E-state index in [9.17, 15) is 23.6 Å². The third-order valence-corrected chi connectivity index (χ3v) is 7.65. The van der Waals surface area contributed by atoms with Crippen LogP contribution in [0.5, 0.6) is 0 Å². The van der Waals surface area contributed by atoms with Crippen molar-refractivity contribution in [3.63, 3.8) is 0 Å². The van der Waals surface area contributed by atoms with E-state index in [-0.39, 0.29) is 35.3 Å². The van der Waals surface area contributed by atoms with Crippen molar-refractivity contribution < 1.29 is 23.6 Å². The van der Waals surface area contributed by atoms with E-state index < -0.39 is 22.9 Å². The van der Waals surface area contributed by atoms with Crippen LogP contribution in [0.25, 0.3) is 6.08 Å². The number of nitrogens with zero attached hydrogens (tertiary/aromatic N) is 2. The van der Waals surface area contributed by atoms with Crippen LogP contribution < -0.4 is 21.0 Å². The van der Waals surface area contributed by atoms with Crippen molar-refractivity contribution >= 4 is 58.7 Å². The molecular formula is C34H28FN5O4S. The fraction of sp³-hybridized carbons (Fsp3) is 0.0882. The fourth-order valence-corrected chi connectivity index (χ4v) is 5.23. The van der Waals surface area contributed by atoms with Crippen molar-refractivity contribution in [1.29, 1.82) is 0 Å². The normalized spacial score (nSPS) is 13.6. The van der Waals surface area contributed by atoms with E-state index in [0.717, 1.165) is 0 Å². The Bertz CT molecular complexity index is 1800. The average Bonchev–Trinajstić information content (AvgIpc) is 3.42. The van der Waals surface area contributed by atoms with Crippen molar-refractivity contribution in [2.45, 2.75) is 23.5 Å². The first-order valence-electron chi connectivity index (χ1n) is 13.9. The molecule has 0 saturated carbocycles. The van der Waals surface area contributed by atoms with Gasteiger partial charge in [0.15, 0.2) is 0 Å². The maximum Gasteiger partial charge on any atom is 0.272 e. The Morgan fingerprint density at radius 1 is 0.889 bits per heavy atom. The number of nitrogens with one attached hydrogen (secondary N) is 3. The molecule has 0 fully saturated rings. The summed E-state index contributed by atoms with van der Waals surface area (Å²) in [5, 5.41) is 13.0. The first-order valence-corrected chi connectivity index (χ1v) is 14.8. The highest BCUT2D eigenvalue weighted by Crippen LogP contribution is 2.27. The highest BCUT2D eigenvalue weighted by Gasteiger charge is 2.27. The minimum atomic E-state index is -0.664. The number of thioether (sulfide) groups is 1. The molecule has 1 aliphatic heterocycles. The standard InChI is InChI=1S/C34H28FN5O4S/c1-22(32(42)38-30-21-31(41)40(39-30)26-15-6-3-7-16-26)45-27-17-10-14-25(20-27)36-34(44)29(19-24-13-8-9-18-28(24)35)37-33(43)23-11-4-2-5-12-23/h2-20,22H,21H2,1H3,(H,36,44)(H,37,43)(H,38,39,42)/b29-19-. The van der Waals surface area contributed by atoms with Gasteiger partial charge in [-0.1, -0.05) is 60.7 Å². The number of hydrogen-bond donors (Lipinski definition) is 3. The molecule has 1 aliphatic rings. The zero-order valence-electron chi connectivity index (χ0n) is 24.1. The zero-order chi connectivity index (χ0) is 31.8. The van der Waals surface area contributed by atoms with Crippen molar-refractivity contribution in [2.24, 2.45) is 5.10 Å². The lowest BCUT2D eigenvalue weighted by molar-refractivity contribution is -0.119. The van der Waals surface area contributed by atoms with E-state index in [4.69, 9.17) is 0 Å². The SMILES string of the molecule is CC(Sc1cccc(NC(=O)/C(=C/c2ccccc2F)NC(=O)c2ccccc2)c1)C(=O)NC1=NN(c2ccccc2)C(=O)C1. The van der Waals surface area contributed by atoms with Crippen LogP contribution in [-0.2, 0) is 14.4 Å². The molecule has 9 nitrogen and oxygen atoms in total. The van der Waals surface area contributed by atoms with E-state index in [1.165, 1.54) is 41.0 Å². The first-order chi connectivity index (χ1) is 21.8. The second-order valence-electron chi connectivity index (χ2n) is 9.90. The molecule has 0 spiro atoms. The number of benzene rings is 4. The summed E-state index contributed by atoms with van der Waals surface area (Å²) in [6, 6.07) is 30.0. The molecule has 1 atom stereocenters. The molecule has 0 radical (unpaired) electrons. The molecular weight excluding hydrogens is 593 g/mol. The summed E-state index contributed by atoms with van der Waals surface area (Å²) < 4.78 is 14.4. The van der Waals surface area contributed by atoms with Crippen molar-refractivity contribution in [2.75, 3.05) is 10.3 Å². The Morgan fingerprint density at radius 3 is 2.31 bits per heavy atom. The molecule has 4 amide bonds. The average molecular weight is 622 g/mol. The monoisotopic (exact) mass is 621 g/mol. The van der Waals surface area contributed by atoms with Gasteiger partial charge in [-0.2, -0.15) is 10.1 Å². The Labute approximate surface area is 263 Å². The van der Waals surface area contributed by atoms with E-state index in [0.29, 0.717) is 21.8 Å². The quantitative estimate of drug-likeness (QED) is 0.167. The minimum absolute atomic E-state index is 0.0247. The summed E-state index contributed by atoms with van der Waals surface area (Å²) in [4.78, 5) is 52.3. The molecule has 3 N–H and O–H groups in total. The van der Waals surface area contributed by atoms with Crippen LogP contribution >= 0.6 is 11.8 Å². The largest absolute Gasteiger partial charge is 0.321 e. The van der Waals surface area contributed by atoms with E-state index in [1.54, 1.807) is 91.9 Å². The van der Waals surface area contributed by atoms with Crippen molar-refractivity contribution in [3.05, 3.63) is 132 Å². The maximum atomic E-state index is 14.4. The molecule has 4 aromatic carbocycles. The van der Waals surface area contributed by atoms with Crippen LogP contribution in [-0.4, -0.2) is 34.7 Å². The van der Waals surface area contributed by atoms with Gasteiger partial charge in [0, 0.05) is 21.7 Å². The van der Waals surface area contributed by atoms with Crippen LogP contribution in [0.2, 0.25) is 0 Å². The Kier molecular flexibility index (Phi) is 9.80. The van der Waals surface area contributed by atoms with Crippen LogP contribution in [0, 0.1) is 5.82 Å². The van der Waals surface area contributed by atoms with Crippen LogP contribution in [0.15, 0.2) is 125 Å². The molecule has 0 aromatic heterocycles. The zero-order valence-corrected chi connectivity index (χ0v) is 24.9. The van der Waals surface area contributed by atoms with E-state index in [2.05, 4.69) is 21.1 Å². The van der Waals surface area contributed by atoms with Gasteiger partial charge in [0.2, 0.25) is 5.91 Å². The van der Waals surface area contributed by atoms with Gasteiger partial charge in [-0.3, -0.25) is 19.2 Å². The van der Waals surface area contributed by atoms with Gasteiger partial charge >= 0.3 is 0 Å². The number of hydrazone groups is 1. The number of hydrogen-bond acceptors (Lipinski definition) is 6. The van der Waals surface area contributed by atoms with Gasteiger partial charge in [0.25, 0.3) is 17.7 Å². The number of amidine groups is 1. The number of para-hydroxylation sites is 1. The van der Waals surface area contributed by atoms with Crippen LogP contribution in [0.4, 0.5) is 15.8 Å². The minimum Gasteiger partial charge on any atom is -0.321 e. The highest BCUT2D eigenvalue weighted by atomic mass is 32.2. The molecule has 226 valence electrons. The van der Waals surface area contributed by atoms with Gasteiger partial charge in [-0.15, -0.1) is 11.8 Å². The second-order valence-corrected chi connectivity index (χ2v) is 11.3. The number of amides is 4. The van der Waals surface area contributed by atoms with Gasteiger partial charge < -0.3 is 16.0 Å². The summed E-state index contributed by atoms with van der Waals surface area (Å²) in [6.07, 6.45) is 1.25. The van der Waals surface area contributed by atoms with Crippen molar-refractivity contribution in [1.82, 2.24) is 10.6 Å². The Morgan fingerprint density at radius 2 is 1.58 bits per heavy atom. The molecule has 4 aromatic rings. The molecule has 1 unspecified atom stereocenters. The summed E-state index contributed by atoms with van der Waals surface area (Å²) in [5.41, 5.74) is 1.31. The van der Waals surface area contributed by atoms with Crippen molar-refractivity contribution in [3.8, 4) is 0 Å². The Balaban J connectivity index is 1.26. The van der Waals surface area contributed by atoms with E-state index >= 15 is 0 Å². The third kappa shape index (κ3) is 8.09. The molecule has 0 bridgehead atoms. The smallest absolute Gasteiger partial charge is 0.272 e. The third-order valence-electron chi connectivity index (χ3n) is 6.55. The van der Waals surface area contributed by atoms with Gasteiger partial charge in [-0.05, 0) is 61.5 Å². The Hall–Kier alpha value is -5.55. The summed E-state index contributed by atoms with van der Waals surface area (Å²) in [6.45, 7) is 1.71. The fourth-order valence-electron chi connectivity index (χ4n) is 4.31. The molecule has 11 heteroatoms. The lowest BCUT2D eigenvalue weighted by Crippen LogP contribution is -2.35. The molecule has 1 heterocycles. The molecule has 5 rings (SSSR count). The van der Waals surface area contributed by atoms with Crippen LogP contribution in [0.3, 0.4) is 0 Å². The predicted octanol–water partition coefficient (Wildman–Crippen LogP) is 5.58. The number of halogens is 1. The number of rotatable bonds is 9. The molecule has 0 aliphatic carbocycles. The van der Waals surface area contributed by atoms with Gasteiger partial charge in [-0.25, -0.2) is 4.39 Å². The van der Waals surface area contributed by atoms with E-state index in [1.807, 2.05) is 6.07 Å². The number of carbonyl (C=O) groups excluding carboxylic acids is 4. The first kappa shape index (κ1) is 30.9. The number of carbonyl (C=O) groups is 4. The summed E-state index contributed by atoms with van der Waals surface area (Å²) >= 11 is 1.24. The summed E-state index contributed by atoms with van der Waals surface area (Å²) in [5.74, 6) is -2.07. The maximum absolute atomic E-state index is 14.4. The summed E-state index contributed by atoms with van der Waals surface area (Å²) in [7, 11) is 0. The molecule has 0 saturated heterocycles. The lowest BCUT2D eigenvalue weighted by Gasteiger charge is -2.14. The van der Waals surface area contributed by atoms with Gasteiger partial charge in [0.1, 0.15) is 17.3 Å². The topological polar surface area (TPSA) is 120 Å². The lowest BCUT2D eigenvalue weighted by atomic mass is 10.1. The predicted molar refractivity (Wildman–Crippen MR) is 173 cm³/mol. The number of anilines is 2. The highest BCUT2D eigenvalue weighted by molar-refractivity contribution is 8.00. The van der Waals surface area contributed by atoms with Crippen LogP contribution in [0.1, 0.15) is 29.3 Å². The molecule has 45 heavy (non-hydrogen) atoms.